The zero-order chi connectivity index (χ0) is 10.0. The highest BCUT2D eigenvalue weighted by Gasteiger charge is 2.20. The van der Waals surface area contributed by atoms with Crippen LogP contribution in [0.1, 0.15) is 0 Å². The van der Waals surface area contributed by atoms with Crippen LogP contribution in [0, 0.1) is 10.1 Å². The molecule has 0 aliphatic heterocycles. The Labute approximate surface area is 80.5 Å². The van der Waals surface area contributed by atoms with E-state index in [2.05, 4.69) is 20.9 Å². The van der Waals surface area contributed by atoms with E-state index in [4.69, 9.17) is 5.73 Å². The van der Waals surface area contributed by atoms with Crippen molar-refractivity contribution >= 4 is 27.3 Å². The lowest BCUT2D eigenvalue weighted by atomic mass is 10.2. The fourth-order valence-corrected chi connectivity index (χ4v) is 1.34. The normalized spacial score (nSPS) is 9.69. The number of hydrogen-bond acceptors (Lipinski definition) is 4. The molecule has 0 bridgehead atoms. The molecule has 1 aromatic rings. The maximum absolute atomic E-state index is 11.9. The van der Waals surface area contributed by atoms with E-state index in [1.807, 2.05) is 0 Å². The van der Waals surface area contributed by atoms with Crippen molar-refractivity contribution in [3.05, 3.63) is 26.7 Å². The van der Waals surface area contributed by atoms with Gasteiger partial charge in [0.1, 0.15) is 0 Å². The van der Waals surface area contributed by atoms with E-state index in [-0.39, 0.29) is 10.2 Å². The largest absolute Gasteiger partial charge is 0.398 e. The highest BCUT2D eigenvalue weighted by Crippen LogP contribution is 2.37. The summed E-state index contributed by atoms with van der Waals surface area (Å²) in [6, 6.07) is 2.32. The molecular formula is C6H4BrFN2O3. The van der Waals surface area contributed by atoms with Gasteiger partial charge in [-0.2, -0.15) is 0 Å². The highest BCUT2D eigenvalue weighted by atomic mass is 79.9. The van der Waals surface area contributed by atoms with Gasteiger partial charge in [-0.05, 0) is 22.0 Å². The molecule has 0 spiro atoms. The Hall–Kier alpha value is -1.37. The van der Waals surface area contributed by atoms with Crippen molar-refractivity contribution in [1.82, 2.24) is 0 Å². The van der Waals surface area contributed by atoms with Gasteiger partial charge >= 0.3 is 5.69 Å². The molecule has 0 saturated heterocycles. The van der Waals surface area contributed by atoms with E-state index in [0.717, 1.165) is 6.07 Å². The molecule has 5 nitrogen and oxygen atoms in total. The van der Waals surface area contributed by atoms with Crippen molar-refractivity contribution in [3.63, 3.8) is 0 Å². The fourth-order valence-electron chi connectivity index (χ4n) is 0.811. The third kappa shape index (κ3) is 1.86. The lowest BCUT2D eigenvalue weighted by Gasteiger charge is -2.00. The second-order valence-electron chi connectivity index (χ2n) is 2.19. The van der Waals surface area contributed by atoms with Crippen LogP contribution in [0.15, 0.2) is 16.6 Å². The number of nitro benzene ring substituents is 1. The Morgan fingerprint density at radius 1 is 1.62 bits per heavy atom. The van der Waals surface area contributed by atoms with Crippen molar-refractivity contribution in [2.75, 3.05) is 5.73 Å². The standard InChI is InChI=1S/C6H4BrFN2O3/c7-4-1-3(9)2-5(10(11)12)6(4)13-8/h1-2H,9H2. The number of nitrogen functional groups attached to an aromatic ring is 1. The fraction of sp³-hybridized carbons (Fsp3) is 0. The summed E-state index contributed by atoms with van der Waals surface area (Å²) < 4.78 is 12.0. The van der Waals surface area contributed by atoms with Crippen LogP contribution in [-0.2, 0) is 0 Å². The summed E-state index contributed by atoms with van der Waals surface area (Å²) in [6.45, 7) is 0. The second-order valence-corrected chi connectivity index (χ2v) is 3.04. The summed E-state index contributed by atoms with van der Waals surface area (Å²) in [6.07, 6.45) is 0. The lowest BCUT2D eigenvalue weighted by Crippen LogP contribution is -1.95. The summed E-state index contributed by atoms with van der Waals surface area (Å²) >= 11 is 2.88. The molecule has 0 saturated carbocycles. The van der Waals surface area contributed by atoms with E-state index in [9.17, 15) is 14.6 Å². The van der Waals surface area contributed by atoms with Gasteiger partial charge in [-0.25, -0.2) is 0 Å². The zero-order valence-corrected chi connectivity index (χ0v) is 7.75. The Morgan fingerprint density at radius 2 is 2.23 bits per heavy atom. The van der Waals surface area contributed by atoms with Crippen molar-refractivity contribution in [2.24, 2.45) is 0 Å². The molecule has 0 aliphatic carbocycles. The molecule has 0 aliphatic rings. The van der Waals surface area contributed by atoms with E-state index >= 15 is 0 Å². The molecule has 7 heteroatoms. The predicted octanol–water partition coefficient (Wildman–Crippen LogP) is 2.20. The second kappa shape index (κ2) is 3.56. The van der Waals surface area contributed by atoms with Crippen LogP contribution in [-0.4, -0.2) is 4.92 Å². The van der Waals surface area contributed by atoms with Crippen molar-refractivity contribution < 1.29 is 14.4 Å². The number of benzene rings is 1. The Kier molecular flexibility index (Phi) is 2.66. The lowest BCUT2D eigenvalue weighted by molar-refractivity contribution is -0.386. The summed E-state index contributed by atoms with van der Waals surface area (Å²) in [4.78, 5) is 12.9. The first-order valence-corrected chi connectivity index (χ1v) is 3.87. The molecule has 0 unspecified atom stereocenters. The van der Waals surface area contributed by atoms with Gasteiger partial charge < -0.3 is 5.73 Å². The van der Waals surface area contributed by atoms with Crippen LogP contribution in [0.25, 0.3) is 0 Å². The quantitative estimate of drug-likeness (QED) is 0.496. The molecule has 0 fully saturated rings. The van der Waals surface area contributed by atoms with Crippen LogP contribution in [0.3, 0.4) is 0 Å². The summed E-state index contributed by atoms with van der Waals surface area (Å²) in [5.74, 6) is -0.487. The van der Waals surface area contributed by atoms with Crippen molar-refractivity contribution in [2.45, 2.75) is 0 Å². The number of hydrogen-bond donors (Lipinski definition) is 1. The minimum Gasteiger partial charge on any atom is -0.398 e. The number of nitro groups is 1. The van der Waals surface area contributed by atoms with E-state index in [1.54, 1.807) is 0 Å². The van der Waals surface area contributed by atoms with Gasteiger partial charge in [-0.15, -0.1) is 0 Å². The number of rotatable bonds is 2. The maximum atomic E-state index is 11.9. The topological polar surface area (TPSA) is 78.4 Å². The smallest absolute Gasteiger partial charge is 0.318 e. The number of anilines is 1. The summed E-state index contributed by atoms with van der Waals surface area (Å²) in [7, 11) is 0. The molecule has 13 heavy (non-hydrogen) atoms. The third-order valence-electron chi connectivity index (χ3n) is 1.32. The zero-order valence-electron chi connectivity index (χ0n) is 6.16. The minimum absolute atomic E-state index is 0.0988. The summed E-state index contributed by atoms with van der Waals surface area (Å²) in [5.41, 5.74) is 4.94. The molecule has 0 heterocycles. The van der Waals surface area contributed by atoms with E-state index < -0.39 is 16.4 Å². The van der Waals surface area contributed by atoms with Gasteiger partial charge in [-0.3, -0.25) is 15.1 Å². The molecule has 0 radical (unpaired) electrons. The van der Waals surface area contributed by atoms with Crippen LogP contribution in [0.2, 0.25) is 0 Å². The average Bonchev–Trinajstić information content (AvgIpc) is 2.02. The van der Waals surface area contributed by atoms with E-state index in [1.165, 1.54) is 6.07 Å². The maximum Gasteiger partial charge on any atom is 0.318 e. The SMILES string of the molecule is Nc1cc(Br)c(OF)c([N+](=O)[O-])c1. The van der Waals surface area contributed by atoms with Gasteiger partial charge in [0.2, 0.25) is 0 Å². The Morgan fingerprint density at radius 3 is 2.69 bits per heavy atom. The first kappa shape index (κ1) is 9.72. The molecule has 1 rings (SSSR count). The average molecular weight is 251 g/mol. The van der Waals surface area contributed by atoms with Crippen molar-refractivity contribution in [3.8, 4) is 5.75 Å². The molecule has 0 amide bonds. The third-order valence-corrected chi connectivity index (χ3v) is 1.91. The molecule has 70 valence electrons. The van der Waals surface area contributed by atoms with Crippen molar-refractivity contribution in [1.29, 1.82) is 0 Å². The van der Waals surface area contributed by atoms with Gasteiger partial charge in [0.05, 0.1) is 9.40 Å². The van der Waals surface area contributed by atoms with Crippen LogP contribution in [0.4, 0.5) is 15.9 Å². The van der Waals surface area contributed by atoms with E-state index in [0.29, 0.717) is 0 Å². The minimum atomic E-state index is -0.782. The van der Waals surface area contributed by atoms with Crippen LogP contribution < -0.4 is 10.7 Å². The van der Waals surface area contributed by atoms with Crippen LogP contribution in [0.5, 0.6) is 5.75 Å². The number of nitrogens with zero attached hydrogens (tertiary/aromatic N) is 1. The monoisotopic (exact) mass is 250 g/mol. The molecule has 2 N–H and O–H groups in total. The highest BCUT2D eigenvalue weighted by molar-refractivity contribution is 9.10. The molecule has 0 atom stereocenters. The number of halogens is 2. The molecule has 0 aromatic heterocycles. The Balaban J connectivity index is 3.38. The van der Waals surface area contributed by atoms with Gasteiger partial charge in [0, 0.05) is 16.3 Å². The van der Waals surface area contributed by atoms with Gasteiger partial charge in [-0.1, -0.05) is 0 Å². The Bertz CT molecular complexity index is 358. The summed E-state index contributed by atoms with van der Waals surface area (Å²) in [5, 5.41) is 10.4. The predicted molar refractivity (Wildman–Crippen MR) is 46.9 cm³/mol. The van der Waals surface area contributed by atoms with Gasteiger partial charge in [0.15, 0.2) is 0 Å². The first-order valence-electron chi connectivity index (χ1n) is 3.08. The van der Waals surface area contributed by atoms with Crippen LogP contribution >= 0.6 is 15.9 Å². The van der Waals surface area contributed by atoms with Gasteiger partial charge in [0.25, 0.3) is 5.75 Å². The number of nitrogens with two attached hydrogens (primary N) is 1. The molecular weight excluding hydrogens is 247 g/mol. The molecule has 1 aromatic carbocycles. The first-order chi connectivity index (χ1) is 6.06.